The maximum atomic E-state index is 12.6. The molecule has 2 nitrogen and oxygen atoms in total. The molecule has 3 saturated carbocycles. The van der Waals surface area contributed by atoms with Gasteiger partial charge in [-0.15, -0.1) is 0 Å². The Morgan fingerprint density at radius 2 is 1.92 bits per heavy atom. The van der Waals surface area contributed by atoms with Crippen molar-refractivity contribution in [2.45, 2.75) is 85.1 Å². The SMILES string of the molecule is CCCCN1C(=O)C=C[C@@]2(C)C1CC[C@@H]1[C@H]2CC[C@]2(C)C(C)CC[C@@H]12. The van der Waals surface area contributed by atoms with Gasteiger partial charge in [0.25, 0.3) is 0 Å². The molecule has 7 atom stereocenters. The van der Waals surface area contributed by atoms with Gasteiger partial charge in [0, 0.05) is 18.0 Å². The van der Waals surface area contributed by atoms with E-state index in [0.29, 0.717) is 11.5 Å². The summed E-state index contributed by atoms with van der Waals surface area (Å²) in [5, 5.41) is 0. The van der Waals surface area contributed by atoms with Crippen molar-refractivity contribution in [3.05, 3.63) is 12.2 Å². The van der Waals surface area contributed by atoms with Crippen LogP contribution in [0.15, 0.2) is 12.2 Å². The van der Waals surface area contributed by atoms with Crippen molar-refractivity contribution in [3.8, 4) is 0 Å². The van der Waals surface area contributed by atoms with Gasteiger partial charge < -0.3 is 4.90 Å². The van der Waals surface area contributed by atoms with Crippen LogP contribution < -0.4 is 0 Å². The van der Waals surface area contributed by atoms with Gasteiger partial charge in [0.2, 0.25) is 5.91 Å². The molecule has 25 heavy (non-hydrogen) atoms. The van der Waals surface area contributed by atoms with E-state index in [2.05, 4.69) is 38.7 Å². The number of nitrogens with zero attached hydrogens (tertiary/aromatic N) is 1. The van der Waals surface area contributed by atoms with Gasteiger partial charge in [-0.05, 0) is 80.1 Å². The van der Waals surface area contributed by atoms with Crippen LogP contribution in [0.25, 0.3) is 0 Å². The zero-order valence-corrected chi connectivity index (χ0v) is 16.8. The van der Waals surface area contributed by atoms with E-state index in [9.17, 15) is 4.79 Å². The van der Waals surface area contributed by atoms with Crippen LogP contribution in [0.5, 0.6) is 0 Å². The van der Waals surface area contributed by atoms with Crippen molar-refractivity contribution in [1.82, 2.24) is 4.90 Å². The molecule has 4 aliphatic rings. The first kappa shape index (κ1) is 17.6. The lowest BCUT2D eigenvalue weighted by Crippen LogP contribution is -2.60. The average Bonchev–Trinajstić information content (AvgIpc) is 2.90. The molecule has 1 heterocycles. The van der Waals surface area contributed by atoms with Crippen LogP contribution in [0.3, 0.4) is 0 Å². The molecular weight excluding hydrogens is 306 g/mol. The van der Waals surface area contributed by atoms with Crippen molar-refractivity contribution < 1.29 is 4.79 Å². The lowest BCUT2D eigenvalue weighted by Gasteiger charge is -2.60. The smallest absolute Gasteiger partial charge is 0.246 e. The molecular formula is C23H37NO. The van der Waals surface area contributed by atoms with Crippen molar-refractivity contribution in [3.63, 3.8) is 0 Å². The Labute approximate surface area is 154 Å². The molecule has 2 heteroatoms. The van der Waals surface area contributed by atoms with Gasteiger partial charge in [-0.3, -0.25) is 4.79 Å². The number of rotatable bonds is 3. The summed E-state index contributed by atoms with van der Waals surface area (Å²) in [6.07, 6.45) is 14.8. The zero-order chi connectivity index (χ0) is 17.8. The fourth-order valence-corrected chi connectivity index (χ4v) is 7.45. The summed E-state index contributed by atoms with van der Waals surface area (Å²) in [4.78, 5) is 14.8. The summed E-state index contributed by atoms with van der Waals surface area (Å²) < 4.78 is 0. The van der Waals surface area contributed by atoms with E-state index in [0.717, 1.165) is 36.6 Å². The lowest BCUT2D eigenvalue weighted by molar-refractivity contribution is -0.141. The summed E-state index contributed by atoms with van der Waals surface area (Å²) in [5.74, 6) is 3.76. The van der Waals surface area contributed by atoms with E-state index in [4.69, 9.17) is 0 Å². The van der Waals surface area contributed by atoms with Gasteiger partial charge in [-0.25, -0.2) is 0 Å². The molecule has 0 aromatic rings. The molecule has 0 N–H and O–H groups in total. The van der Waals surface area contributed by atoms with Crippen molar-refractivity contribution >= 4 is 5.91 Å². The number of fused-ring (bicyclic) bond motifs is 5. The number of hydrogen-bond donors (Lipinski definition) is 0. The van der Waals surface area contributed by atoms with Crippen LogP contribution in [0.4, 0.5) is 0 Å². The van der Waals surface area contributed by atoms with Gasteiger partial charge >= 0.3 is 0 Å². The third-order valence-corrected chi connectivity index (χ3v) is 9.20. The first-order chi connectivity index (χ1) is 11.9. The normalized spacial score (nSPS) is 48.9. The monoisotopic (exact) mass is 343 g/mol. The predicted octanol–water partition coefficient (Wildman–Crippen LogP) is 5.43. The summed E-state index contributed by atoms with van der Waals surface area (Å²) in [6, 6.07) is 0.445. The maximum absolute atomic E-state index is 12.6. The second kappa shape index (κ2) is 6.13. The molecule has 4 rings (SSSR count). The molecule has 3 aliphatic carbocycles. The Kier molecular flexibility index (Phi) is 4.32. The first-order valence-corrected chi connectivity index (χ1v) is 10.9. The second-order valence-corrected chi connectivity index (χ2v) is 10.1. The van der Waals surface area contributed by atoms with Crippen LogP contribution in [0.2, 0.25) is 0 Å². The molecule has 0 aromatic carbocycles. The predicted molar refractivity (Wildman–Crippen MR) is 103 cm³/mol. The molecule has 0 bridgehead atoms. The van der Waals surface area contributed by atoms with E-state index in [-0.39, 0.29) is 11.3 Å². The average molecular weight is 344 g/mol. The second-order valence-electron chi connectivity index (χ2n) is 10.1. The highest BCUT2D eigenvalue weighted by Gasteiger charge is 2.59. The number of unbranched alkanes of at least 4 members (excludes halogenated alkanes) is 1. The van der Waals surface area contributed by atoms with Gasteiger partial charge in [0.05, 0.1) is 0 Å². The Morgan fingerprint density at radius 1 is 1.12 bits per heavy atom. The van der Waals surface area contributed by atoms with E-state index in [1.54, 1.807) is 0 Å². The standard InChI is InChI=1S/C23H37NO/c1-5-6-15-24-20-10-8-17-18-9-7-16(2)22(18,3)13-11-19(17)23(20,4)14-12-21(24)25/h12,14,16-20H,5-11,13,15H2,1-4H3/t16?,17-,18-,19+,20?,22+,23+/m0/s1. The van der Waals surface area contributed by atoms with Gasteiger partial charge in [0.15, 0.2) is 0 Å². The highest BCUT2D eigenvalue weighted by Crippen LogP contribution is 2.65. The topological polar surface area (TPSA) is 20.3 Å². The van der Waals surface area contributed by atoms with Gasteiger partial charge in [0.1, 0.15) is 0 Å². The highest BCUT2D eigenvalue weighted by molar-refractivity contribution is 5.89. The van der Waals surface area contributed by atoms with Crippen molar-refractivity contribution in [2.75, 3.05) is 6.54 Å². The number of amides is 1. The minimum Gasteiger partial charge on any atom is -0.335 e. The Morgan fingerprint density at radius 3 is 2.68 bits per heavy atom. The summed E-state index contributed by atoms with van der Waals surface area (Å²) >= 11 is 0. The van der Waals surface area contributed by atoms with Crippen LogP contribution in [-0.2, 0) is 4.79 Å². The van der Waals surface area contributed by atoms with Crippen LogP contribution in [0, 0.1) is 34.5 Å². The molecule has 2 unspecified atom stereocenters. The third-order valence-electron chi connectivity index (χ3n) is 9.20. The Balaban J connectivity index is 1.63. The minimum absolute atomic E-state index is 0.206. The summed E-state index contributed by atoms with van der Waals surface area (Å²) in [6.45, 7) is 10.8. The Bertz CT molecular complexity index is 568. The maximum Gasteiger partial charge on any atom is 0.246 e. The molecule has 0 spiro atoms. The van der Waals surface area contributed by atoms with E-state index in [1.165, 1.54) is 44.9 Å². The van der Waals surface area contributed by atoms with Crippen molar-refractivity contribution in [1.29, 1.82) is 0 Å². The fraction of sp³-hybridized carbons (Fsp3) is 0.870. The highest BCUT2D eigenvalue weighted by atomic mass is 16.2. The number of carbonyl (C=O) groups is 1. The Hall–Kier alpha value is -0.790. The summed E-state index contributed by atoms with van der Waals surface area (Å²) in [7, 11) is 0. The van der Waals surface area contributed by atoms with E-state index >= 15 is 0 Å². The molecule has 1 aliphatic heterocycles. The molecule has 0 saturated heterocycles. The number of hydrogen-bond acceptors (Lipinski definition) is 1. The molecule has 140 valence electrons. The molecule has 1 amide bonds. The van der Waals surface area contributed by atoms with Gasteiger partial charge in [-0.1, -0.05) is 40.2 Å². The summed E-state index contributed by atoms with van der Waals surface area (Å²) in [5.41, 5.74) is 0.790. The largest absolute Gasteiger partial charge is 0.335 e. The van der Waals surface area contributed by atoms with Crippen LogP contribution in [-0.4, -0.2) is 23.4 Å². The van der Waals surface area contributed by atoms with Gasteiger partial charge in [-0.2, -0.15) is 0 Å². The van der Waals surface area contributed by atoms with E-state index in [1.807, 2.05) is 6.08 Å². The van der Waals surface area contributed by atoms with Crippen molar-refractivity contribution in [2.24, 2.45) is 34.5 Å². The molecule has 0 aromatic heterocycles. The molecule has 0 radical (unpaired) electrons. The zero-order valence-electron chi connectivity index (χ0n) is 16.8. The first-order valence-electron chi connectivity index (χ1n) is 10.9. The molecule has 3 fully saturated rings. The quantitative estimate of drug-likeness (QED) is 0.669. The number of carbonyl (C=O) groups excluding carboxylic acids is 1. The lowest BCUT2D eigenvalue weighted by atomic mass is 9.48. The third kappa shape index (κ3) is 2.46. The van der Waals surface area contributed by atoms with Crippen LogP contribution in [0.1, 0.15) is 79.1 Å². The van der Waals surface area contributed by atoms with Crippen LogP contribution >= 0.6 is 0 Å². The van der Waals surface area contributed by atoms with E-state index < -0.39 is 0 Å². The fourth-order valence-electron chi connectivity index (χ4n) is 7.45. The minimum atomic E-state index is 0.206.